The molecule has 0 aromatic rings. The molecule has 0 spiro atoms. The molecule has 0 bridgehead atoms. The van der Waals surface area contributed by atoms with E-state index in [0.29, 0.717) is 0 Å². The van der Waals surface area contributed by atoms with Crippen LogP contribution in [0.25, 0.3) is 0 Å². The molecular weight excluding hydrogens is 120 g/mol. The van der Waals surface area contributed by atoms with Gasteiger partial charge in [0.1, 0.15) is 0 Å². The van der Waals surface area contributed by atoms with E-state index in [-0.39, 0.29) is 0 Å². The standard InChI is InChI=1S/C10H14/c1-3-9-6-5-7-10(4-2)8-9/h3-4,8H,1,5-7H2,2H3/b10-4-. The third kappa shape index (κ3) is 1.60. The average molecular weight is 134 g/mol. The van der Waals surface area contributed by atoms with Gasteiger partial charge in [-0.3, -0.25) is 0 Å². The molecule has 54 valence electrons. The van der Waals surface area contributed by atoms with Crippen LogP contribution in [0, 0.1) is 0 Å². The molecule has 1 aliphatic rings. The van der Waals surface area contributed by atoms with Gasteiger partial charge in [-0.1, -0.05) is 30.4 Å². The van der Waals surface area contributed by atoms with Gasteiger partial charge < -0.3 is 0 Å². The van der Waals surface area contributed by atoms with Gasteiger partial charge in [0.05, 0.1) is 0 Å². The minimum absolute atomic E-state index is 1.21. The van der Waals surface area contributed by atoms with Crippen molar-refractivity contribution in [3.63, 3.8) is 0 Å². The monoisotopic (exact) mass is 134 g/mol. The van der Waals surface area contributed by atoms with E-state index < -0.39 is 0 Å². The number of allylic oxidation sites excluding steroid dienone is 5. The number of hydrogen-bond acceptors (Lipinski definition) is 0. The van der Waals surface area contributed by atoms with E-state index in [9.17, 15) is 0 Å². The Morgan fingerprint density at radius 3 is 2.90 bits per heavy atom. The summed E-state index contributed by atoms with van der Waals surface area (Å²) in [7, 11) is 0. The highest BCUT2D eigenvalue weighted by Crippen LogP contribution is 2.22. The molecule has 0 unspecified atom stereocenters. The molecule has 10 heavy (non-hydrogen) atoms. The number of hydrogen-bond donors (Lipinski definition) is 0. The molecule has 0 N–H and O–H groups in total. The minimum atomic E-state index is 1.21. The summed E-state index contributed by atoms with van der Waals surface area (Å²) in [6, 6.07) is 0. The minimum Gasteiger partial charge on any atom is -0.0988 e. The molecule has 0 heterocycles. The van der Waals surface area contributed by atoms with Crippen molar-refractivity contribution >= 4 is 0 Å². The maximum Gasteiger partial charge on any atom is -0.0276 e. The maximum atomic E-state index is 3.76. The zero-order chi connectivity index (χ0) is 7.40. The van der Waals surface area contributed by atoms with Gasteiger partial charge in [0, 0.05) is 0 Å². The van der Waals surface area contributed by atoms with Crippen molar-refractivity contribution in [1.82, 2.24) is 0 Å². The Morgan fingerprint density at radius 1 is 1.50 bits per heavy atom. The third-order valence-corrected chi connectivity index (χ3v) is 1.93. The van der Waals surface area contributed by atoms with Crippen molar-refractivity contribution < 1.29 is 0 Å². The Labute approximate surface area is 62.9 Å². The van der Waals surface area contributed by atoms with Crippen molar-refractivity contribution in [2.24, 2.45) is 0 Å². The topological polar surface area (TPSA) is 0 Å². The lowest BCUT2D eigenvalue weighted by atomic mass is 9.95. The summed E-state index contributed by atoms with van der Waals surface area (Å²) in [6.45, 7) is 5.85. The summed E-state index contributed by atoms with van der Waals surface area (Å²) in [6.07, 6.45) is 10.1. The summed E-state index contributed by atoms with van der Waals surface area (Å²) in [5.41, 5.74) is 2.85. The van der Waals surface area contributed by atoms with Gasteiger partial charge in [-0.05, 0) is 31.8 Å². The predicted molar refractivity (Wildman–Crippen MR) is 45.9 cm³/mol. The first-order valence-electron chi connectivity index (χ1n) is 3.85. The van der Waals surface area contributed by atoms with Crippen LogP contribution in [0.1, 0.15) is 26.2 Å². The molecule has 0 aromatic carbocycles. The van der Waals surface area contributed by atoms with Crippen LogP contribution in [0.3, 0.4) is 0 Å². The van der Waals surface area contributed by atoms with Crippen LogP contribution in [-0.4, -0.2) is 0 Å². The molecule has 0 amide bonds. The first kappa shape index (κ1) is 7.33. The lowest BCUT2D eigenvalue weighted by molar-refractivity contribution is 0.797. The predicted octanol–water partition coefficient (Wildman–Crippen LogP) is 3.23. The molecule has 0 heteroatoms. The zero-order valence-corrected chi connectivity index (χ0v) is 6.56. The highest BCUT2D eigenvalue weighted by molar-refractivity contribution is 5.31. The summed E-state index contributed by atoms with van der Waals surface area (Å²) in [5.74, 6) is 0. The molecule has 0 aliphatic heterocycles. The SMILES string of the molecule is C=CC1=C/C(=C\C)CCC1. The fraction of sp³-hybridized carbons (Fsp3) is 0.400. The molecule has 0 aromatic heterocycles. The summed E-state index contributed by atoms with van der Waals surface area (Å²) >= 11 is 0. The van der Waals surface area contributed by atoms with Gasteiger partial charge in [0.25, 0.3) is 0 Å². The van der Waals surface area contributed by atoms with E-state index >= 15 is 0 Å². The highest BCUT2D eigenvalue weighted by Gasteiger charge is 2.02. The van der Waals surface area contributed by atoms with E-state index in [1.807, 2.05) is 6.08 Å². The van der Waals surface area contributed by atoms with Crippen LogP contribution in [0.15, 0.2) is 36.0 Å². The van der Waals surface area contributed by atoms with E-state index in [0.717, 1.165) is 0 Å². The second kappa shape index (κ2) is 3.40. The van der Waals surface area contributed by atoms with Crippen LogP contribution in [0.5, 0.6) is 0 Å². The van der Waals surface area contributed by atoms with Crippen LogP contribution in [-0.2, 0) is 0 Å². The zero-order valence-electron chi connectivity index (χ0n) is 6.56. The maximum absolute atomic E-state index is 3.76. The van der Waals surface area contributed by atoms with Gasteiger partial charge >= 0.3 is 0 Å². The molecule has 0 fully saturated rings. The average Bonchev–Trinajstić information content (AvgIpc) is 2.05. The lowest BCUT2D eigenvalue weighted by Crippen LogP contribution is -1.91. The fourth-order valence-electron chi connectivity index (χ4n) is 1.27. The van der Waals surface area contributed by atoms with Gasteiger partial charge in [0.15, 0.2) is 0 Å². The second-order valence-electron chi connectivity index (χ2n) is 2.64. The van der Waals surface area contributed by atoms with Crippen LogP contribution in [0.4, 0.5) is 0 Å². The molecule has 1 aliphatic carbocycles. The smallest absolute Gasteiger partial charge is 0.0276 e. The van der Waals surface area contributed by atoms with Crippen molar-refractivity contribution in [1.29, 1.82) is 0 Å². The normalized spacial score (nSPS) is 22.5. The molecular formula is C10H14. The van der Waals surface area contributed by atoms with E-state index in [4.69, 9.17) is 0 Å². The van der Waals surface area contributed by atoms with E-state index in [1.54, 1.807) is 0 Å². The lowest BCUT2D eigenvalue weighted by Gasteiger charge is -2.10. The van der Waals surface area contributed by atoms with Crippen molar-refractivity contribution in [2.75, 3.05) is 0 Å². The molecule has 0 saturated carbocycles. The fourth-order valence-corrected chi connectivity index (χ4v) is 1.27. The Morgan fingerprint density at radius 2 is 2.30 bits per heavy atom. The quantitative estimate of drug-likeness (QED) is 0.516. The molecule has 0 radical (unpaired) electrons. The highest BCUT2D eigenvalue weighted by atomic mass is 14.1. The van der Waals surface area contributed by atoms with Crippen molar-refractivity contribution in [3.8, 4) is 0 Å². The van der Waals surface area contributed by atoms with Crippen LogP contribution < -0.4 is 0 Å². The van der Waals surface area contributed by atoms with Gasteiger partial charge in [-0.25, -0.2) is 0 Å². The third-order valence-electron chi connectivity index (χ3n) is 1.93. The first-order valence-corrected chi connectivity index (χ1v) is 3.85. The molecule has 0 nitrogen and oxygen atoms in total. The molecule has 1 rings (SSSR count). The summed E-state index contributed by atoms with van der Waals surface area (Å²) in [5, 5.41) is 0. The van der Waals surface area contributed by atoms with Crippen molar-refractivity contribution in [3.05, 3.63) is 36.0 Å². The summed E-state index contributed by atoms with van der Waals surface area (Å²) in [4.78, 5) is 0. The van der Waals surface area contributed by atoms with E-state index in [2.05, 4.69) is 25.7 Å². The van der Waals surface area contributed by atoms with Gasteiger partial charge in [-0.15, -0.1) is 0 Å². The van der Waals surface area contributed by atoms with E-state index in [1.165, 1.54) is 30.4 Å². The molecule has 0 saturated heterocycles. The second-order valence-corrected chi connectivity index (χ2v) is 2.64. The summed E-state index contributed by atoms with van der Waals surface area (Å²) < 4.78 is 0. The van der Waals surface area contributed by atoms with Crippen LogP contribution in [0.2, 0.25) is 0 Å². The Hall–Kier alpha value is -0.780. The van der Waals surface area contributed by atoms with Crippen molar-refractivity contribution in [2.45, 2.75) is 26.2 Å². The first-order chi connectivity index (χ1) is 4.86. The Kier molecular flexibility index (Phi) is 2.49. The number of rotatable bonds is 1. The Balaban J connectivity index is 2.75. The molecule has 0 atom stereocenters. The largest absolute Gasteiger partial charge is 0.0988 e. The van der Waals surface area contributed by atoms with Crippen LogP contribution >= 0.6 is 0 Å². The Bertz CT molecular complexity index is 182. The van der Waals surface area contributed by atoms with Gasteiger partial charge in [0.2, 0.25) is 0 Å². The van der Waals surface area contributed by atoms with Gasteiger partial charge in [-0.2, -0.15) is 0 Å².